The number of methoxy groups -OCH3 is 2. The first-order valence-electron chi connectivity index (χ1n) is 6.27. The minimum atomic E-state index is -0.812. The van der Waals surface area contributed by atoms with Gasteiger partial charge < -0.3 is 19.9 Å². The van der Waals surface area contributed by atoms with E-state index in [0.29, 0.717) is 17.9 Å². The average Bonchev–Trinajstić information content (AvgIpc) is 2.41. The molecule has 0 amide bonds. The summed E-state index contributed by atoms with van der Waals surface area (Å²) in [7, 11) is 3.24. The molecule has 2 unspecified atom stereocenters. The van der Waals surface area contributed by atoms with Crippen LogP contribution in [-0.4, -0.2) is 32.4 Å². The first-order chi connectivity index (χ1) is 8.60. The van der Waals surface area contributed by atoms with Gasteiger partial charge in [0, 0.05) is 18.5 Å². The first kappa shape index (κ1) is 13.2. The van der Waals surface area contributed by atoms with E-state index in [0.717, 1.165) is 18.7 Å². The number of nitrogens with one attached hydrogen (secondary N) is 1. The number of aliphatic hydroxyl groups is 1. The van der Waals surface area contributed by atoms with Crippen molar-refractivity contribution in [3.63, 3.8) is 0 Å². The molecular weight excluding hydrogens is 230 g/mol. The summed E-state index contributed by atoms with van der Waals surface area (Å²) in [6.45, 7) is 3.69. The maximum atomic E-state index is 10.9. The largest absolute Gasteiger partial charge is 0.497 e. The van der Waals surface area contributed by atoms with Crippen molar-refractivity contribution in [2.24, 2.45) is 5.92 Å². The predicted molar refractivity (Wildman–Crippen MR) is 70.1 cm³/mol. The van der Waals surface area contributed by atoms with Crippen molar-refractivity contribution < 1.29 is 14.6 Å². The van der Waals surface area contributed by atoms with E-state index in [1.807, 2.05) is 18.2 Å². The lowest BCUT2D eigenvalue weighted by atomic mass is 9.77. The number of rotatable bonds is 3. The number of benzene rings is 1. The molecule has 1 saturated heterocycles. The van der Waals surface area contributed by atoms with Gasteiger partial charge in [-0.3, -0.25) is 0 Å². The number of hydrogen-bond acceptors (Lipinski definition) is 4. The third-order valence-electron chi connectivity index (χ3n) is 3.80. The fourth-order valence-electron chi connectivity index (χ4n) is 2.50. The fourth-order valence-corrected chi connectivity index (χ4v) is 2.50. The highest BCUT2D eigenvalue weighted by atomic mass is 16.5. The van der Waals surface area contributed by atoms with Crippen LogP contribution < -0.4 is 14.8 Å². The quantitative estimate of drug-likeness (QED) is 0.855. The lowest BCUT2D eigenvalue weighted by Gasteiger charge is -2.39. The van der Waals surface area contributed by atoms with E-state index in [-0.39, 0.29) is 5.92 Å². The van der Waals surface area contributed by atoms with E-state index >= 15 is 0 Å². The molecule has 1 aliphatic rings. The van der Waals surface area contributed by atoms with E-state index in [1.54, 1.807) is 14.2 Å². The third-order valence-corrected chi connectivity index (χ3v) is 3.80. The molecule has 0 spiro atoms. The zero-order valence-electron chi connectivity index (χ0n) is 11.2. The Labute approximate surface area is 108 Å². The Morgan fingerprint density at radius 3 is 2.33 bits per heavy atom. The Hall–Kier alpha value is -1.26. The molecule has 4 heteroatoms. The summed E-state index contributed by atoms with van der Waals surface area (Å²) in [5.41, 5.74) is 0.0558. The van der Waals surface area contributed by atoms with Gasteiger partial charge in [-0.05, 0) is 30.7 Å². The van der Waals surface area contributed by atoms with Crippen molar-refractivity contribution in [3.8, 4) is 11.5 Å². The molecule has 0 aromatic heterocycles. The molecule has 1 aliphatic heterocycles. The minimum absolute atomic E-state index is 0.156. The van der Waals surface area contributed by atoms with Crippen molar-refractivity contribution in [3.05, 3.63) is 23.8 Å². The van der Waals surface area contributed by atoms with Gasteiger partial charge in [0.05, 0.1) is 19.8 Å². The smallest absolute Gasteiger partial charge is 0.122 e. The topological polar surface area (TPSA) is 50.7 Å². The Bertz CT molecular complexity index is 399. The second kappa shape index (κ2) is 5.16. The molecule has 0 saturated carbocycles. The van der Waals surface area contributed by atoms with Crippen LogP contribution in [-0.2, 0) is 5.60 Å². The molecule has 1 aromatic carbocycles. The van der Waals surface area contributed by atoms with Crippen LogP contribution in [0.4, 0.5) is 0 Å². The van der Waals surface area contributed by atoms with Gasteiger partial charge in [0.2, 0.25) is 0 Å². The zero-order chi connectivity index (χ0) is 13.2. The van der Waals surface area contributed by atoms with Gasteiger partial charge in [-0.1, -0.05) is 6.92 Å². The molecule has 2 rings (SSSR count). The van der Waals surface area contributed by atoms with E-state index in [1.165, 1.54) is 0 Å². The lowest BCUT2D eigenvalue weighted by molar-refractivity contribution is -0.0394. The summed E-state index contributed by atoms with van der Waals surface area (Å²) in [4.78, 5) is 0. The summed E-state index contributed by atoms with van der Waals surface area (Å²) >= 11 is 0. The van der Waals surface area contributed by atoms with Crippen molar-refractivity contribution in [1.29, 1.82) is 0 Å². The van der Waals surface area contributed by atoms with Crippen LogP contribution in [0, 0.1) is 5.92 Å². The molecule has 2 atom stereocenters. The molecule has 1 fully saturated rings. The minimum Gasteiger partial charge on any atom is -0.497 e. The SMILES string of the molecule is COc1cc(OC)cc(C2(O)CCNCC2C)c1. The highest BCUT2D eigenvalue weighted by Gasteiger charge is 2.38. The Kier molecular flexibility index (Phi) is 3.78. The summed E-state index contributed by atoms with van der Waals surface area (Å²) < 4.78 is 10.5. The highest BCUT2D eigenvalue weighted by molar-refractivity contribution is 5.41. The summed E-state index contributed by atoms with van der Waals surface area (Å²) in [5, 5.41) is 14.2. The van der Waals surface area contributed by atoms with Crippen LogP contribution in [0.25, 0.3) is 0 Å². The van der Waals surface area contributed by atoms with Gasteiger partial charge in [0.15, 0.2) is 0 Å². The zero-order valence-corrected chi connectivity index (χ0v) is 11.2. The summed E-state index contributed by atoms with van der Waals surface area (Å²) in [6.07, 6.45) is 0.699. The second-order valence-electron chi connectivity index (χ2n) is 4.88. The Morgan fingerprint density at radius 2 is 1.83 bits per heavy atom. The summed E-state index contributed by atoms with van der Waals surface area (Å²) in [5.74, 6) is 1.58. The van der Waals surface area contributed by atoms with Crippen LogP contribution in [0.5, 0.6) is 11.5 Å². The Morgan fingerprint density at radius 1 is 1.22 bits per heavy atom. The van der Waals surface area contributed by atoms with Crippen molar-refractivity contribution >= 4 is 0 Å². The predicted octanol–water partition coefficient (Wildman–Crippen LogP) is 1.52. The standard InChI is InChI=1S/C14H21NO3/c1-10-9-15-5-4-14(10,16)11-6-12(17-2)8-13(7-11)18-3/h6-8,10,15-16H,4-5,9H2,1-3H3. The molecule has 2 N–H and O–H groups in total. The maximum Gasteiger partial charge on any atom is 0.122 e. The van der Waals surface area contributed by atoms with Crippen LogP contribution in [0.2, 0.25) is 0 Å². The normalized spacial score (nSPS) is 27.9. The van der Waals surface area contributed by atoms with Crippen molar-refractivity contribution in [1.82, 2.24) is 5.32 Å². The highest BCUT2D eigenvalue weighted by Crippen LogP contribution is 2.38. The average molecular weight is 251 g/mol. The summed E-state index contributed by atoms with van der Waals surface area (Å²) in [6, 6.07) is 5.60. The number of piperidine rings is 1. The van der Waals surface area contributed by atoms with Crippen LogP contribution in [0.1, 0.15) is 18.9 Å². The molecule has 0 radical (unpaired) electrons. The van der Waals surface area contributed by atoms with Crippen molar-refractivity contribution in [2.75, 3.05) is 27.3 Å². The maximum absolute atomic E-state index is 10.9. The molecule has 1 heterocycles. The van der Waals surface area contributed by atoms with Crippen LogP contribution in [0.15, 0.2) is 18.2 Å². The molecule has 100 valence electrons. The van der Waals surface area contributed by atoms with E-state index in [2.05, 4.69) is 12.2 Å². The molecule has 4 nitrogen and oxygen atoms in total. The first-order valence-corrected chi connectivity index (χ1v) is 6.27. The third kappa shape index (κ3) is 2.31. The lowest BCUT2D eigenvalue weighted by Crippen LogP contribution is -2.46. The monoisotopic (exact) mass is 251 g/mol. The Balaban J connectivity index is 2.41. The second-order valence-corrected chi connectivity index (χ2v) is 4.88. The van der Waals surface area contributed by atoms with Crippen LogP contribution in [0.3, 0.4) is 0 Å². The van der Waals surface area contributed by atoms with Gasteiger partial charge in [0.1, 0.15) is 11.5 Å². The number of ether oxygens (including phenoxy) is 2. The molecule has 18 heavy (non-hydrogen) atoms. The van der Waals surface area contributed by atoms with Gasteiger partial charge in [-0.25, -0.2) is 0 Å². The van der Waals surface area contributed by atoms with Crippen LogP contribution >= 0.6 is 0 Å². The fraction of sp³-hybridized carbons (Fsp3) is 0.571. The van der Waals surface area contributed by atoms with Gasteiger partial charge in [-0.15, -0.1) is 0 Å². The molecular formula is C14H21NO3. The van der Waals surface area contributed by atoms with Gasteiger partial charge >= 0.3 is 0 Å². The van der Waals surface area contributed by atoms with E-state index in [4.69, 9.17) is 9.47 Å². The molecule has 0 bridgehead atoms. The van der Waals surface area contributed by atoms with E-state index < -0.39 is 5.60 Å². The molecule has 0 aliphatic carbocycles. The molecule has 1 aromatic rings. The number of hydrogen-bond donors (Lipinski definition) is 2. The van der Waals surface area contributed by atoms with Gasteiger partial charge in [-0.2, -0.15) is 0 Å². The van der Waals surface area contributed by atoms with Gasteiger partial charge in [0.25, 0.3) is 0 Å². The van der Waals surface area contributed by atoms with E-state index in [9.17, 15) is 5.11 Å². The van der Waals surface area contributed by atoms with Crippen molar-refractivity contribution in [2.45, 2.75) is 18.9 Å².